The predicted molar refractivity (Wildman–Crippen MR) is 72.4 cm³/mol. The fourth-order valence-corrected chi connectivity index (χ4v) is 2.42. The predicted octanol–water partition coefficient (Wildman–Crippen LogP) is 1.90. The van der Waals surface area contributed by atoms with E-state index in [1.807, 2.05) is 18.2 Å². The maximum atomic E-state index is 4.30. The third-order valence-electron chi connectivity index (χ3n) is 2.39. The van der Waals surface area contributed by atoms with Gasteiger partial charge in [0.1, 0.15) is 5.82 Å². The first-order valence-corrected chi connectivity index (χ1v) is 6.42. The van der Waals surface area contributed by atoms with Gasteiger partial charge in [-0.25, -0.2) is 4.98 Å². The molecule has 3 rings (SSSR count). The first-order valence-electron chi connectivity index (χ1n) is 5.48. The van der Waals surface area contributed by atoms with Crippen LogP contribution in [0.5, 0.6) is 0 Å². The summed E-state index contributed by atoms with van der Waals surface area (Å²) in [6.07, 6.45) is 6.79. The molecule has 1 atom stereocenters. The van der Waals surface area contributed by atoms with Crippen molar-refractivity contribution < 1.29 is 0 Å². The largest absolute Gasteiger partial charge is 0.354 e. The summed E-state index contributed by atoms with van der Waals surface area (Å²) in [6.45, 7) is 0. The van der Waals surface area contributed by atoms with Crippen molar-refractivity contribution in [1.82, 2.24) is 20.3 Å². The van der Waals surface area contributed by atoms with Crippen LogP contribution in [0.15, 0.2) is 48.4 Å². The van der Waals surface area contributed by atoms with Gasteiger partial charge in [0.05, 0.1) is 17.6 Å². The second-order valence-corrected chi connectivity index (χ2v) is 4.62. The summed E-state index contributed by atoms with van der Waals surface area (Å²) in [5, 5.41) is 8.63. The molecule has 0 amide bonds. The van der Waals surface area contributed by atoms with Gasteiger partial charge in [0.2, 0.25) is 0 Å². The first kappa shape index (κ1) is 11.0. The Balaban J connectivity index is 1.65. The van der Waals surface area contributed by atoms with Crippen molar-refractivity contribution in [3.8, 4) is 0 Å². The lowest BCUT2D eigenvalue weighted by molar-refractivity contribution is 0.888. The Hall–Kier alpha value is -2.08. The summed E-state index contributed by atoms with van der Waals surface area (Å²) in [5.41, 5.74) is 2.01. The SMILES string of the molecule is C1=C(c2ccccn2)NC(Nc2cnccn2)S1. The zero-order valence-corrected chi connectivity index (χ0v) is 10.3. The Bertz CT molecular complexity index is 543. The summed E-state index contributed by atoms with van der Waals surface area (Å²) >= 11 is 1.65. The van der Waals surface area contributed by atoms with Crippen LogP contribution in [0.2, 0.25) is 0 Å². The topological polar surface area (TPSA) is 62.7 Å². The van der Waals surface area contributed by atoms with Gasteiger partial charge in [0.15, 0.2) is 5.50 Å². The van der Waals surface area contributed by atoms with E-state index in [0.717, 1.165) is 17.2 Å². The van der Waals surface area contributed by atoms with Crippen molar-refractivity contribution in [2.75, 3.05) is 5.32 Å². The van der Waals surface area contributed by atoms with Gasteiger partial charge in [0.25, 0.3) is 0 Å². The van der Waals surface area contributed by atoms with Crippen LogP contribution >= 0.6 is 11.8 Å². The zero-order valence-electron chi connectivity index (χ0n) is 9.45. The maximum absolute atomic E-state index is 4.30. The summed E-state index contributed by atoms with van der Waals surface area (Å²) in [5.74, 6) is 0.748. The zero-order chi connectivity index (χ0) is 12.2. The number of hydrogen-bond acceptors (Lipinski definition) is 6. The molecule has 18 heavy (non-hydrogen) atoms. The molecule has 2 aromatic heterocycles. The molecule has 1 aliphatic heterocycles. The van der Waals surface area contributed by atoms with Crippen LogP contribution in [-0.2, 0) is 0 Å². The van der Waals surface area contributed by atoms with E-state index in [1.54, 1.807) is 36.5 Å². The van der Waals surface area contributed by atoms with Crippen LogP contribution < -0.4 is 10.6 Å². The number of thioether (sulfide) groups is 1. The lowest BCUT2D eigenvalue weighted by Gasteiger charge is -2.14. The molecule has 0 fully saturated rings. The van der Waals surface area contributed by atoms with Gasteiger partial charge in [-0.05, 0) is 12.1 Å². The fourth-order valence-electron chi connectivity index (χ4n) is 1.58. The molecule has 6 heteroatoms. The molecule has 0 bridgehead atoms. The molecule has 2 aromatic rings. The van der Waals surface area contributed by atoms with Crippen LogP contribution in [-0.4, -0.2) is 20.4 Å². The Morgan fingerprint density at radius 2 is 2.17 bits per heavy atom. The van der Waals surface area contributed by atoms with Crippen LogP contribution in [0.4, 0.5) is 5.82 Å². The quantitative estimate of drug-likeness (QED) is 0.875. The minimum absolute atomic E-state index is 0.0544. The third-order valence-corrected chi connectivity index (χ3v) is 3.27. The number of anilines is 1. The molecule has 0 aliphatic carbocycles. The number of aromatic nitrogens is 3. The minimum atomic E-state index is 0.0544. The summed E-state index contributed by atoms with van der Waals surface area (Å²) < 4.78 is 0. The monoisotopic (exact) mass is 257 g/mol. The van der Waals surface area contributed by atoms with Crippen molar-refractivity contribution in [3.05, 3.63) is 54.1 Å². The smallest absolute Gasteiger partial charge is 0.151 e. The number of nitrogens with one attached hydrogen (secondary N) is 2. The highest BCUT2D eigenvalue weighted by molar-refractivity contribution is 8.03. The normalized spacial score (nSPS) is 18.0. The van der Waals surface area contributed by atoms with Crippen LogP contribution in [0.1, 0.15) is 5.69 Å². The second-order valence-electron chi connectivity index (χ2n) is 3.64. The van der Waals surface area contributed by atoms with E-state index in [4.69, 9.17) is 0 Å². The molecule has 90 valence electrons. The van der Waals surface area contributed by atoms with Crippen molar-refractivity contribution in [2.45, 2.75) is 5.50 Å². The number of pyridine rings is 1. The summed E-state index contributed by atoms with van der Waals surface area (Å²) in [7, 11) is 0. The van der Waals surface area contributed by atoms with Gasteiger partial charge in [0, 0.05) is 24.0 Å². The average molecular weight is 257 g/mol. The number of nitrogens with zero attached hydrogens (tertiary/aromatic N) is 3. The summed E-state index contributed by atoms with van der Waals surface area (Å²) in [6, 6.07) is 5.85. The molecule has 1 aliphatic rings. The molecule has 0 radical (unpaired) electrons. The molecular weight excluding hydrogens is 246 g/mol. The molecule has 0 saturated carbocycles. The van der Waals surface area contributed by atoms with E-state index in [9.17, 15) is 0 Å². The van der Waals surface area contributed by atoms with Gasteiger partial charge >= 0.3 is 0 Å². The highest BCUT2D eigenvalue weighted by Crippen LogP contribution is 2.26. The number of hydrogen-bond donors (Lipinski definition) is 2. The van der Waals surface area contributed by atoms with Crippen molar-refractivity contribution in [1.29, 1.82) is 0 Å². The Morgan fingerprint density at radius 3 is 2.94 bits per heavy atom. The lowest BCUT2D eigenvalue weighted by atomic mass is 10.3. The highest BCUT2D eigenvalue weighted by atomic mass is 32.2. The third kappa shape index (κ3) is 2.43. The lowest BCUT2D eigenvalue weighted by Crippen LogP contribution is -2.28. The van der Waals surface area contributed by atoms with E-state index in [0.29, 0.717) is 0 Å². The van der Waals surface area contributed by atoms with Gasteiger partial charge in [-0.3, -0.25) is 9.97 Å². The van der Waals surface area contributed by atoms with E-state index in [1.165, 1.54) is 0 Å². The highest BCUT2D eigenvalue weighted by Gasteiger charge is 2.18. The standard InChI is InChI=1S/C12H11N5S/c1-2-4-14-9(3-1)10-8-18-12(16-10)17-11-7-13-5-6-15-11/h1-8,12,16H,(H,15,17). The molecule has 0 aromatic carbocycles. The van der Waals surface area contributed by atoms with Crippen molar-refractivity contribution in [2.24, 2.45) is 0 Å². The van der Waals surface area contributed by atoms with Gasteiger partial charge in [-0.1, -0.05) is 17.8 Å². The maximum Gasteiger partial charge on any atom is 0.151 e. The van der Waals surface area contributed by atoms with Gasteiger partial charge in [-0.15, -0.1) is 0 Å². The molecular formula is C12H11N5S. The Morgan fingerprint density at radius 1 is 1.17 bits per heavy atom. The molecule has 5 nitrogen and oxygen atoms in total. The van der Waals surface area contributed by atoms with E-state index in [-0.39, 0.29) is 5.50 Å². The second kappa shape index (κ2) is 5.05. The Kier molecular flexibility index (Phi) is 3.10. The minimum Gasteiger partial charge on any atom is -0.354 e. The van der Waals surface area contributed by atoms with Crippen LogP contribution in [0.25, 0.3) is 5.70 Å². The average Bonchev–Trinajstić information content (AvgIpc) is 2.89. The molecule has 3 heterocycles. The Labute approximate surface area is 109 Å². The molecule has 0 spiro atoms. The number of rotatable bonds is 3. The van der Waals surface area contributed by atoms with Crippen LogP contribution in [0.3, 0.4) is 0 Å². The molecule has 1 unspecified atom stereocenters. The van der Waals surface area contributed by atoms with Crippen molar-refractivity contribution >= 4 is 23.3 Å². The van der Waals surface area contributed by atoms with Crippen molar-refractivity contribution in [3.63, 3.8) is 0 Å². The molecule has 2 N–H and O–H groups in total. The van der Waals surface area contributed by atoms with Crippen LogP contribution in [0, 0.1) is 0 Å². The first-order chi connectivity index (χ1) is 8.92. The van der Waals surface area contributed by atoms with Gasteiger partial charge < -0.3 is 10.6 Å². The molecule has 0 saturated heterocycles. The van der Waals surface area contributed by atoms with E-state index < -0.39 is 0 Å². The van der Waals surface area contributed by atoms with E-state index >= 15 is 0 Å². The van der Waals surface area contributed by atoms with Gasteiger partial charge in [-0.2, -0.15) is 0 Å². The van der Waals surface area contributed by atoms with E-state index in [2.05, 4.69) is 31.0 Å². The summed E-state index contributed by atoms with van der Waals surface area (Å²) in [4.78, 5) is 12.5. The fraction of sp³-hybridized carbons (Fsp3) is 0.0833.